The summed E-state index contributed by atoms with van der Waals surface area (Å²) in [7, 11) is 1.33. The summed E-state index contributed by atoms with van der Waals surface area (Å²) in [5, 5.41) is 10.3. The van der Waals surface area contributed by atoms with Gasteiger partial charge in [0.05, 0.1) is 24.5 Å². The molecule has 22 heavy (non-hydrogen) atoms. The number of carbonyl (C=O) groups excluding carboxylic acids is 2. The maximum absolute atomic E-state index is 12.5. The number of nitrogens with zero attached hydrogens (tertiary/aromatic N) is 1. The molecule has 0 spiro atoms. The molecule has 1 aromatic rings. The van der Waals surface area contributed by atoms with E-state index in [0.717, 1.165) is 5.56 Å². The van der Waals surface area contributed by atoms with Crippen LogP contribution >= 0.6 is 11.8 Å². The maximum Gasteiger partial charge on any atom is 0.330 e. The van der Waals surface area contributed by atoms with E-state index in [2.05, 4.69) is 0 Å². The number of rotatable bonds is 3. The molecule has 0 bridgehead atoms. The topological polar surface area (TPSA) is 66.8 Å². The van der Waals surface area contributed by atoms with E-state index in [1.54, 1.807) is 16.7 Å². The first-order valence-electron chi connectivity index (χ1n) is 7.19. The van der Waals surface area contributed by atoms with Gasteiger partial charge in [-0.3, -0.25) is 4.79 Å². The van der Waals surface area contributed by atoms with Crippen molar-refractivity contribution in [1.29, 1.82) is 0 Å². The Bertz CT molecular complexity index is 603. The summed E-state index contributed by atoms with van der Waals surface area (Å²) >= 11 is 1.55. The molecule has 0 aromatic heterocycles. The minimum absolute atomic E-state index is 0.185. The van der Waals surface area contributed by atoms with Crippen LogP contribution in [0, 0.1) is 5.92 Å². The number of β-lactam (4-membered cyclic amide) rings is 1. The van der Waals surface area contributed by atoms with E-state index in [9.17, 15) is 14.7 Å². The molecule has 2 aliphatic heterocycles. The number of esters is 1. The van der Waals surface area contributed by atoms with Gasteiger partial charge in [0, 0.05) is 4.75 Å². The number of aliphatic hydroxyl groups is 1. The van der Waals surface area contributed by atoms with Crippen LogP contribution in [0.5, 0.6) is 0 Å². The Morgan fingerprint density at radius 3 is 2.59 bits per heavy atom. The van der Waals surface area contributed by atoms with Gasteiger partial charge in [-0.25, -0.2) is 4.79 Å². The van der Waals surface area contributed by atoms with Crippen LogP contribution in [0.1, 0.15) is 25.5 Å². The Morgan fingerprint density at radius 1 is 1.36 bits per heavy atom. The SMILES string of the molecule is COC(=O)[C@@H]1N2C(=O)[C@H](C(O)c3ccccc3)[C@H]2SC1(C)C. The average molecular weight is 321 g/mol. The summed E-state index contributed by atoms with van der Waals surface area (Å²) in [5.74, 6) is -1.10. The highest BCUT2D eigenvalue weighted by Gasteiger charge is 2.65. The van der Waals surface area contributed by atoms with E-state index >= 15 is 0 Å². The molecular formula is C16H19NO4S. The second-order valence-electron chi connectivity index (χ2n) is 6.16. The highest BCUT2D eigenvalue weighted by Crippen LogP contribution is 2.56. The van der Waals surface area contributed by atoms with Crippen molar-refractivity contribution in [2.75, 3.05) is 7.11 Å². The summed E-state index contributed by atoms with van der Waals surface area (Å²) in [6.45, 7) is 3.85. The molecule has 0 radical (unpaired) electrons. The molecule has 4 atom stereocenters. The zero-order chi connectivity index (χ0) is 16.1. The fraction of sp³-hybridized carbons (Fsp3) is 0.500. The van der Waals surface area contributed by atoms with Crippen molar-refractivity contribution in [2.45, 2.75) is 36.1 Å². The Morgan fingerprint density at radius 2 is 2.00 bits per heavy atom. The van der Waals surface area contributed by atoms with Gasteiger partial charge in [0.25, 0.3) is 0 Å². The number of benzene rings is 1. The number of methoxy groups -OCH3 is 1. The number of aliphatic hydroxyl groups excluding tert-OH is 1. The highest BCUT2D eigenvalue weighted by molar-refractivity contribution is 8.01. The molecule has 118 valence electrons. The monoisotopic (exact) mass is 321 g/mol. The summed E-state index contributed by atoms with van der Waals surface area (Å²) in [5.41, 5.74) is 0.723. The maximum atomic E-state index is 12.5. The largest absolute Gasteiger partial charge is 0.467 e. The lowest BCUT2D eigenvalue weighted by atomic mass is 9.85. The molecule has 0 saturated carbocycles. The number of fused-ring (bicyclic) bond motifs is 1. The summed E-state index contributed by atoms with van der Waals surface area (Å²) in [4.78, 5) is 26.1. The predicted molar refractivity (Wildman–Crippen MR) is 83.0 cm³/mol. The number of ether oxygens (including phenoxy) is 1. The third-order valence-electron chi connectivity index (χ3n) is 4.39. The van der Waals surface area contributed by atoms with Crippen LogP contribution in [0.4, 0.5) is 0 Å². The molecule has 1 aromatic carbocycles. The van der Waals surface area contributed by atoms with E-state index in [0.29, 0.717) is 0 Å². The molecule has 2 heterocycles. The number of thioether (sulfide) groups is 1. The third kappa shape index (κ3) is 2.13. The van der Waals surface area contributed by atoms with Crippen LogP contribution in [0.25, 0.3) is 0 Å². The average Bonchev–Trinajstić information content (AvgIpc) is 2.75. The molecule has 2 aliphatic rings. The van der Waals surface area contributed by atoms with E-state index in [1.807, 2.05) is 44.2 Å². The lowest BCUT2D eigenvalue weighted by Gasteiger charge is -2.45. The molecule has 1 N–H and O–H groups in total. The van der Waals surface area contributed by atoms with Crippen LogP contribution in [0.3, 0.4) is 0 Å². The fourth-order valence-electron chi connectivity index (χ4n) is 3.28. The normalized spacial score (nSPS) is 30.5. The summed E-state index contributed by atoms with van der Waals surface area (Å²) in [6, 6.07) is 8.56. The minimum atomic E-state index is -0.852. The van der Waals surface area contributed by atoms with E-state index < -0.39 is 28.8 Å². The first-order chi connectivity index (χ1) is 10.4. The zero-order valence-corrected chi connectivity index (χ0v) is 13.5. The molecular weight excluding hydrogens is 302 g/mol. The quantitative estimate of drug-likeness (QED) is 0.676. The smallest absolute Gasteiger partial charge is 0.330 e. The molecule has 2 fully saturated rings. The van der Waals surface area contributed by atoms with Gasteiger partial charge in [0.15, 0.2) is 0 Å². The van der Waals surface area contributed by atoms with E-state index in [1.165, 1.54) is 7.11 Å². The predicted octanol–water partition coefficient (Wildman–Crippen LogP) is 1.57. The molecule has 5 nitrogen and oxygen atoms in total. The van der Waals surface area contributed by atoms with Crippen LogP contribution < -0.4 is 0 Å². The molecule has 1 unspecified atom stereocenters. The standard InChI is InChI=1S/C16H19NO4S/c1-16(2)12(15(20)21-3)17-13(19)10(14(17)22-16)11(18)9-7-5-4-6-8-9/h4-8,10-12,14,18H,1-3H3/t10-,11?,12-,14+/m0/s1. The first-order valence-corrected chi connectivity index (χ1v) is 8.07. The first kappa shape index (κ1) is 15.4. The Labute approximate surface area is 133 Å². The molecule has 3 rings (SSSR count). The Kier molecular flexibility index (Phi) is 3.69. The van der Waals surface area contributed by atoms with Crippen molar-refractivity contribution in [1.82, 2.24) is 4.90 Å². The van der Waals surface area contributed by atoms with Gasteiger partial charge >= 0.3 is 5.97 Å². The molecule has 0 aliphatic carbocycles. The third-order valence-corrected chi connectivity index (χ3v) is 5.98. The van der Waals surface area contributed by atoms with Gasteiger partial charge in [0.1, 0.15) is 6.04 Å². The Balaban J connectivity index is 1.86. The number of amides is 1. The van der Waals surface area contributed by atoms with Crippen LogP contribution in [-0.2, 0) is 14.3 Å². The van der Waals surface area contributed by atoms with E-state index in [4.69, 9.17) is 4.74 Å². The molecule has 1 amide bonds. The summed E-state index contributed by atoms with van der Waals surface area (Å²) < 4.78 is 4.41. The van der Waals surface area contributed by atoms with Crippen molar-refractivity contribution < 1.29 is 19.4 Å². The number of hydrogen-bond acceptors (Lipinski definition) is 5. The van der Waals surface area contributed by atoms with Crippen molar-refractivity contribution >= 4 is 23.6 Å². The van der Waals surface area contributed by atoms with Gasteiger partial charge < -0.3 is 14.7 Å². The van der Waals surface area contributed by atoms with Crippen molar-refractivity contribution in [3.8, 4) is 0 Å². The van der Waals surface area contributed by atoms with Gasteiger partial charge in [-0.2, -0.15) is 0 Å². The highest BCUT2D eigenvalue weighted by atomic mass is 32.2. The van der Waals surface area contributed by atoms with Crippen LogP contribution in [-0.4, -0.2) is 45.2 Å². The Hall–Kier alpha value is -1.53. The molecule has 6 heteroatoms. The van der Waals surface area contributed by atoms with Gasteiger partial charge in [-0.05, 0) is 19.4 Å². The number of carbonyl (C=O) groups is 2. The second kappa shape index (κ2) is 5.28. The van der Waals surface area contributed by atoms with Gasteiger partial charge in [0.2, 0.25) is 5.91 Å². The lowest BCUT2D eigenvalue weighted by molar-refractivity contribution is -0.170. The van der Waals surface area contributed by atoms with Crippen molar-refractivity contribution in [3.63, 3.8) is 0 Å². The second-order valence-corrected chi connectivity index (χ2v) is 7.94. The van der Waals surface area contributed by atoms with Gasteiger partial charge in [-0.1, -0.05) is 30.3 Å². The van der Waals surface area contributed by atoms with Gasteiger partial charge in [-0.15, -0.1) is 11.8 Å². The van der Waals surface area contributed by atoms with E-state index in [-0.39, 0.29) is 11.3 Å². The fourth-order valence-corrected chi connectivity index (χ4v) is 4.99. The van der Waals surface area contributed by atoms with Crippen LogP contribution in [0.2, 0.25) is 0 Å². The van der Waals surface area contributed by atoms with Crippen molar-refractivity contribution in [2.24, 2.45) is 5.92 Å². The van der Waals surface area contributed by atoms with Crippen LogP contribution in [0.15, 0.2) is 30.3 Å². The summed E-state index contributed by atoms with van der Waals surface area (Å²) in [6.07, 6.45) is -0.852. The van der Waals surface area contributed by atoms with Crippen molar-refractivity contribution in [3.05, 3.63) is 35.9 Å². The number of hydrogen-bond donors (Lipinski definition) is 1. The minimum Gasteiger partial charge on any atom is -0.467 e. The molecule has 2 saturated heterocycles. The lowest BCUT2D eigenvalue weighted by Crippen LogP contribution is -2.64. The zero-order valence-electron chi connectivity index (χ0n) is 12.7.